The predicted molar refractivity (Wildman–Crippen MR) is 98.1 cm³/mol. The van der Waals surface area contributed by atoms with E-state index in [0.29, 0.717) is 5.56 Å². The third-order valence-corrected chi connectivity index (χ3v) is 4.11. The first kappa shape index (κ1) is 18.7. The number of aryl methyl sites for hydroxylation is 1. The molecule has 0 saturated heterocycles. The predicted octanol–water partition coefficient (Wildman–Crippen LogP) is 6.26. The summed E-state index contributed by atoms with van der Waals surface area (Å²) in [6.07, 6.45) is 2.07. The maximum Gasteiger partial charge on any atom is 0.194 e. The summed E-state index contributed by atoms with van der Waals surface area (Å²) in [7, 11) is 0. The van der Waals surface area contributed by atoms with Gasteiger partial charge in [0.05, 0.1) is 0 Å². The molecule has 0 aliphatic rings. The summed E-state index contributed by atoms with van der Waals surface area (Å²) >= 11 is 0. The summed E-state index contributed by atoms with van der Waals surface area (Å²) < 4.78 is 54.1. The van der Waals surface area contributed by atoms with Gasteiger partial charge in [-0.05, 0) is 53.9 Å². The second kappa shape index (κ2) is 8.09. The maximum atomic E-state index is 14.4. The van der Waals surface area contributed by atoms with Crippen molar-refractivity contribution in [2.24, 2.45) is 0 Å². The zero-order valence-corrected chi connectivity index (χ0v) is 14.6. The number of rotatable bonds is 3. The van der Waals surface area contributed by atoms with Gasteiger partial charge in [0.25, 0.3) is 0 Å². The lowest BCUT2D eigenvalue weighted by atomic mass is 10.0. The minimum atomic E-state index is -1.58. The zero-order valence-electron chi connectivity index (χ0n) is 14.6. The van der Waals surface area contributed by atoms with Crippen molar-refractivity contribution in [2.75, 3.05) is 0 Å². The first-order valence-electron chi connectivity index (χ1n) is 8.53. The molecule has 0 heterocycles. The smallest absolute Gasteiger partial charge is 0.194 e. The Bertz CT molecular complexity index is 1000. The highest BCUT2D eigenvalue weighted by atomic mass is 19.2. The van der Waals surface area contributed by atoms with Gasteiger partial charge in [0.1, 0.15) is 5.82 Å². The van der Waals surface area contributed by atoms with Gasteiger partial charge in [0, 0.05) is 16.7 Å². The average Bonchev–Trinajstić information content (AvgIpc) is 2.65. The minimum absolute atomic E-state index is 0.0257. The van der Waals surface area contributed by atoms with Crippen LogP contribution in [-0.2, 0) is 6.42 Å². The van der Waals surface area contributed by atoms with Gasteiger partial charge in [-0.15, -0.1) is 0 Å². The summed E-state index contributed by atoms with van der Waals surface area (Å²) in [6, 6.07) is 13.5. The Hall–Kier alpha value is -3.06. The molecule has 0 aliphatic heterocycles. The zero-order chi connectivity index (χ0) is 19.4. The Balaban J connectivity index is 1.85. The van der Waals surface area contributed by atoms with E-state index in [1.54, 1.807) is 6.07 Å². The fraction of sp³-hybridized carbons (Fsp3) is 0.130. The van der Waals surface area contributed by atoms with E-state index in [9.17, 15) is 17.6 Å². The molecule has 0 amide bonds. The number of hydrogen-bond donors (Lipinski definition) is 0. The molecule has 0 radical (unpaired) electrons. The van der Waals surface area contributed by atoms with E-state index in [1.165, 1.54) is 17.7 Å². The van der Waals surface area contributed by atoms with Crippen molar-refractivity contribution in [1.82, 2.24) is 0 Å². The lowest BCUT2D eigenvalue weighted by Gasteiger charge is -2.05. The summed E-state index contributed by atoms with van der Waals surface area (Å²) in [5.74, 6) is 0.833. The van der Waals surface area contributed by atoms with Crippen LogP contribution in [0.2, 0.25) is 0 Å². The summed E-state index contributed by atoms with van der Waals surface area (Å²) in [5.41, 5.74) is 2.37. The largest absolute Gasteiger partial charge is 0.206 e. The molecule has 0 bridgehead atoms. The van der Waals surface area contributed by atoms with Crippen LogP contribution in [0.3, 0.4) is 0 Å². The Morgan fingerprint density at radius 3 is 1.89 bits per heavy atom. The van der Waals surface area contributed by atoms with Crippen molar-refractivity contribution in [3.05, 3.63) is 94.6 Å². The Morgan fingerprint density at radius 1 is 0.704 bits per heavy atom. The molecule has 0 nitrogen and oxygen atoms in total. The molecule has 0 saturated carbocycles. The van der Waals surface area contributed by atoms with Crippen LogP contribution in [0.15, 0.2) is 54.6 Å². The second-order valence-corrected chi connectivity index (χ2v) is 6.15. The summed E-state index contributed by atoms with van der Waals surface area (Å²) in [5, 5.41) is 0. The van der Waals surface area contributed by atoms with E-state index in [0.717, 1.165) is 30.5 Å². The van der Waals surface area contributed by atoms with Crippen molar-refractivity contribution in [3.63, 3.8) is 0 Å². The topological polar surface area (TPSA) is 0 Å². The van der Waals surface area contributed by atoms with Crippen LogP contribution in [-0.4, -0.2) is 0 Å². The maximum absolute atomic E-state index is 14.4. The van der Waals surface area contributed by atoms with Gasteiger partial charge in [0.2, 0.25) is 0 Å². The molecule has 0 aliphatic carbocycles. The molecule has 3 aromatic carbocycles. The number of halogens is 4. The third kappa shape index (κ3) is 4.38. The summed E-state index contributed by atoms with van der Waals surface area (Å²) in [4.78, 5) is 0. The van der Waals surface area contributed by atoms with Crippen molar-refractivity contribution in [3.8, 4) is 23.0 Å². The van der Waals surface area contributed by atoms with Crippen LogP contribution in [0.5, 0.6) is 0 Å². The fourth-order valence-electron chi connectivity index (χ4n) is 2.73. The molecule has 3 aromatic rings. The first-order valence-corrected chi connectivity index (χ1v) is 8.53. The molecule has 136 valence electrons. The lowest BCUT2D eigenvalue weighted by molar-refractivity contribution is 0.447. The molecular weight excluding hydrogens is 352 g/mol. The van der Waals surface area contributed by atoms with Crippen LogP contribution in [0.4, 0.5) is 17.6 Å². The van der Waals surface area contributed by atoms with Gasteiger partial charge in [-0.1, -0.05) is 43.4 Å². The van der Waals surface area contributed by atoms with Crippen LogP contribution >= 0.6 is 0 Å². The molecule has 0 N–H and O–H groups in total. The van der Waals surface area contributed by atoms with E-state index in [2.05, 4.69) is 18.8 Å². The van der Waals surface area contributed by atoms with Gasteiger partial charge in [-0.25, -0.2) is 17.6 Å². The molecule has 27 heavy (non-hydrogen) atoms. The highest BCUT2D eigenvalue weighted by Crippen LogP contribution is 2.26. The molecule has 0 unspecified atom stereocenters. The second-order valence-electron chi connectivity index (χ2n) is 6.15. The molecule has 0 fully saturated rings. The highest BCUT2D eigenvalue weighted by Gasteiger charge is 2.14. The average molecular weight is 368 g/mol. The molecule has 3 rings (SSSR count). The van der Waals surface area contributed by atoms with Crippen molar-refractivity contribution < 1.29 is 17.6 Å². The van der Waals surface area contributed by atoms with E-state index in [-0.39, 0.29) is 11.1 Å². The van der Waals surface area contributed by atoms with Crippen LogP contribution in [0, 0.1) is 35.1 Å². The SMILES string of the molecule is CCCc1ccc(C#Cc2ccc(-c3cc(F)c(F)c(F)c3)c(F)c2)cc1. The molecule has 0 aromatic heterocycles. The van der Waals surface area contributed by atoms with Crippen LogP contribution < -0.4 is 0 Å². The highest BCUT2D eigenvalue weighted by molar-refractivity contribution is 5.65. The third-order valence-electron chi connectivity index (χ3n) is 4.11. The van der Waals surface area contributed by atoms with E-state index >= 15 is 0 Å². The van der Waals surface area contributed by atoms with Crippen molar-refractivity contribution in [2.45, 2.75) is 19.8 Å². The van der Waals surface area contributed by atoms with Crippen LogP contribution in [0.1, 0.15) is 30.0 Å². The van der Waals surface area contributed by atoms with Gasteiger partial charge >= 0.3 is 0 Å². The molecule has 0 spiro atoms. The van der Waals surface area contributed by atoms with Gasteiger partial charge in [-0.2, -0.15) is 0 Å². The lowest BCUT2D eigenvalue weighted by Crippen LogP contribution is -1.94. The number of hydrogen-bond acceptors (Lipinski definition) is 0. The van der Waals surface area contributed by atoms with E-state index in [1.807, 2.05) is 24.3 Å². The number of benzene rings is 3. The van der Waals surface area contributed by atoms with Gasteiger partial charge in [0.15, 0.2) is 17.5 Å². The molecule has 0 atom stereocenters. The molecular formula is C23H16F4. The van der Waals surface area contributed by atoms with Crippen molar-refractivity contribution in [1.29, 1.82) is 0 Å². The van der Waals surface area contributed by atoms with Crippen LogP contribution in [0.25, 0.3) is 11.1 Å². The van der Waals surface area contributed by atoms with E-state index < -0.39 is 23.3 Å². The Morgan fingerprint density at radius 2 is 1.30 bits per heavy atom. The minimum Gasteiger partial charge on any atom is -0.206 e. The molecule has 4 heteroatoms. The Kier molecular flexibility index (Phi) is 5.61. The fourth-order valence-corrected chi connectivity index (χ4v) is 2.73. The standard InChI is InChI=1S/C23H16F4/c1-2-3-15-4-6-16(7-5-15)8-9-17-10-11-19(20(24)12-17)18-13-21(25)23(27)22(26)14-18/h4-7,10-14H,2-3H2,1H3. The first-order chi connectivity index (χ1) is 13.0. The van der Waals surface area contributed by atoms with Gasteiger partial charge < -0.3 is 0 Å². The van der Waals surface area contributed by atoms with E-state index in [4.69, 9.17) is 0 Å². The van der Waals surface area contributed by atoms with Crippen molar-refractivity contribution >= 4 is 0 Å². The van der Waals surface area contributed by atoms with Gasteiger partial charge in [-0.3, -0.25) is 0 Å². The monoisotopic (exact) mass is 368 g/mol. The normalized spacial score (nSPS) is 10.4. The summed E-state index contributed by atoms with van der Waals surface area (Å²) in [6.45, 7) is 2.11. The quantitative estimate of drug-likeness (QED) is 0.291. The Labute approximate surface area is 155 Å².